The minimum Gasteiger partial charge on any atom is -0.478 e. The summed E-state index contributed by atoms with van der Waals surface area (Å²) in [4.78, 5) is 10.7. The van der Waals surface area contributed by atoms with Crippen LogP contribution in [-0.2, 0) is 0 Å². The molecule has 0 fully saturated rings. The van der Waals surface area contributed by atoms with Crippen LogP contribution in [0.1, 0.15) is 37.0 Å². The van der Waals surface area contributed by atoms with Crippen molar-refractivity contribution in [3.8, 4) is 0 Å². The Morgan fingerprint density at radius 2 is 2.17 bits per heavy atom. The third-order valence-corrected chi connectivity index (χ3v) is 3.09. The highest BCUT2D eigenvalue weighted by Gasteiger charge is 2.21. The van der Waals surface area contributed by atoms with Gasteiger partial charge >= 0.3 is 5.97 Å². The lowest BCUT2D eigenvalue weighted by Gasteiger charge is -2.30. The highest BCUT2D eigenvalue weighted by atomic mass is 19.1. The van der Waals surface area contributed by atoms with E-state index in [0.29, 0.717) is 12.1 Å². The van der Waals surface area contributed by atoms with Crippen molar-refractivity contribution in [3.05, 3.63) is 29.6 Å². The Morgan fingerprint density at radius 3 is 2.61 bits per heavy atom. The van der Waals surface area contributed by atoms with Gasteiger partial charge in [-0.25, -0.2) is 9.18 Å². The average molecular weight is 255 g/mol. The van der Waals surface area contributed by atoms with Gasteiger partial charge in [0.1, 0.15) is 5.82 Å². The maximum absolute atomic E-state index is 13.5. The van der Waals surface area contributed by atoms with Crippen LogP contribution in [0.2, 0.25) is 0 Å². The van der Waals surface area contributed by atoms with E-state index in [-0.39, 0.29) is 17.7 Å². The number of hydrogen-bond acceptors (Lipinski definition) is 3. The van der Waals surface area contributed by atoms with Crippen LogP contribution in [0.4, 0.5) is 10.1 Å². The van der Waals surface area contributed by atoms with Gasteiger partial charge < -0.3 is 15.5 Å². The summed E-state index contributed by atoms with van der Waals surface area (Å²) in [6.45, 7) is 3.92. The maximum atomic E-state index is 13.5. The number of nitrogens with one attached hydrogen (secondary N) is 1. The summed E-state index contributed by atoms with van der Waals surface area (Å²) in [7, 11) is 0. The Hall–Kier alpha value is -1.62. The van der Waals surface area contributed by atoms with Crippen LogP contribution in [0.3, 0.4) is 0 Å². The SMILES string of the molecule is CCC(C)(CCO)Nc1ccc(C(=O)O)c(F)c1. The second kappa shape index (κ2) is 5.82. The number of hydrogen-bond donors (Lipinski definition) is 3. The molecule has 1 aromatic rings. The first kappa shape index (κ1) is 14.4. The number of halogens is 1. The van der Waals surface area contributed by atoms with E-state index >= 15 is 0 Å². The van der Waals surface area contributed by atoms with Crippen molar-refractivity contribution in [2.75, 3.05) is 11.9 Å². The molecule has 0 bridgehead atoms. The molecule has 0 aliphatic heterocycles. The Bertz CT molecular complexity index is 436. The van der Waals surface area contributed by atoms with E-state index in [1.165, 1.54) is 12.1 Å². The van der Waals surface area contributed by atoms with Crippen LogP contribution in [-0.4, -0.2) is 28.3 Å². The number of aliphatic hydroxyl groups excluding tert-OH is 1. The molecule has 0 radical (unpaired) electrons. The molecule has 5 heteroatoms. The van der Waals surface area contributed by atoms with Crippen molar-refractivity contribution in [2.24, 2.45) is 0 Å². The quantitative estimate of drug-likeness (QED) is 0.730. The molecule has 100 valence electrons. The fourth-order valence-corrected chi connectivity index (χ4v) is 1.69. The van der Waals surface area contributed by atoms with Crippen molar-refractivity contribution in [1.82, 2.24) is 0 Å². The highest BCUT2D eigenvalue weighted by Crippen LogP contribution is 2.23. The summed E-state index contributed by atoms with van der Waals surface area (Å²) < 4.78 is 13.5. The zero-order valence-electron chi connectivity index (χ0n) is 10.5. The van der Waals surface area contributed by atoms with E-state index in [4.69, 9.17) is 10.2 Å². The fraction of sp³-hybridized carbons (Fsp3) is 0.462. The molecule has 1 rings (SSSR count). The van der Waals surface area contributed by atoms with Crippen molar-refractivity contribution < 1.29 is 19.4 Å². The molecule has 1 aromatic carbocycles. The monoisotopic (exact) mass is 255 g/mol. The summed E-state index contributed by atoms with van der Waals surface area (Å²) in [6, 6.07) is 3.92. The van der Waals surface area contributed by atoms with E-state index in [0.717, 1.165) is 12.5 Å². The van der Waals surface area contributed by atoms with Crippen molar-refractivity contribution >= 4 is 11.7 Å². The lowest BCUT2D eigenvalue weighted by atomic mass is 9.94. The third-order valence-electron chi connectivity index (χ3n) is 3.09. The Balaban J connectivity index is 2.92. The molecule has 4 nitrogen and oxygen atoms in total. The molecule has 0 spiro atoms. The maximum Gasteiger partial charge on any atom is 0.338 e. The first-order valence-electron chi connectivity index (χ1n) is 5.84. The molecule has 18 heavy (non-hydrogen) atoms. The number of rotatable bonds is 6. The first-order valence-corrected chi connectivity index (χ1v) is 5.84. The van der Waals surface area contributed by atoms with Crippen LogP contribution < -0.4 is 5.32 Å². The van der Waals surface area contributed by atoms with E-state index in [9.17, 15) is 9.18 Å². The first-order chi connectivity index (χ1) is 8.41. The van der Waals surface area contributed by atoms with Crippen LogP contribution in [0, 0.1) is 5.82 Å². The number of anilines is 1. The van der Waals surface area contributed by atoms with Crippen molar-refractivity contribution in [1.29, 1.82) is 0 Å². The predicted molar refractivity (Wildman–Crippen MR) is 67.4 cm³/mol. The normalized spacial score (nSPS) is 14.0. The van der Waals surface area contributed by atoms with E-state index < -0.39 is 11.8 Å². The lowest BCUT2D eigenvalue weighted by molar-refractivity contribution is 0.0692. The fourth-order valence-electron chi connectivity index (χ4n) is 1.69. The number of carboxylic acid groups (broad SMARTS) is 1. The Labute approximate surface area is 105 Å². The van der Waals surface area contributed by atoms with E-state index in [2.05, 4.69) is 5.32 Å². The molecule has 0 aromatic heterocycles. The molecule has 0 heterocycles. The number of carboxylic acids is 1. The second-order valence-corrected chi connectivity index (χ2v) is 4.51. The summed E-state index contributed by atoms with van der Waals surface area (Å²) >= 11 is 0. The minimum absolute atomic E-state index is 0.0348. The van der Waals surface area contributed by atoms with Gasteiger partial charge in [-0.05, 0) is 38.0 Å². The van der Waals surface area contributed by atoms with Gasteiger partial charge in [-0.3, -0.25) is 0 Å². The standard InChI is InChI=1S/C13H18FNO3/c1-3-13(2,6-7-16)15-9-4-5-10(12(17)18)11(14)8-9/h4-5,8,15-16H,3,6-7H2,1-2H3,(H,17,18). The smallest absolute Gasteiger partial charge is 0.338 e. The molecular weight excluding hydrogens is 237 g/mol. The number of benzene rings is 1. The molecule has 3 N–H and O–H groups in total. The van der Waals surface area contributed by atoms with Gasteiger partial charge in [-0.2, -0.15) is 0 Å². The topological polar surface area (TPSA) is 69.6 Å². The number of aliphatic hydroxyl groups is 1. The van der Waals surface area contributed by atoms with Crippen LogP contribution in [0.5, 0.6) is 0 Å². The summed E-state index contributed by atoms with van der Waals surface area (Å²) in [5.41, 5.74) is -0.178. The van der Waals surface area contributed by atoms with Gasteiger partial charge in [-0.1, -0.05) is 6.92 Å². The lowest BCUT2D eigenvalue weighted by Crippen LogP contribution is -2.35. The summed E-state index contributed by atoms with van der Waals surface area (Å²) in [6.07, 6.45) is 1.29. The predicted octanol–water partition coefficient (Wildman–Crippen LogP) is 2.49. The summed E-state index contributed by atoms with van der Waals surface area (Å²) in [5.74, 6) is -2.05. The zero-order valence-corrected chi connectivity index (χ0v) is 10.5. The minimum atomic E-state index is -1.28. The van der Waals surface area contributed by atoms with Gasteiger partial charge in [0, 0.05) is 17.8 Å². The average Bonchev–Trinajstić information content (AvgIpc) is 2.28. The van der Waals surface area contributed by atoms with Gasteiger partial charge in [-0.15, -0.1) is 0 Å². The third kappa shape index (κ3) is 3.43. The number of carbonyl (C=O) groups is 1. The molecule has 0 aliphatic carbocycles. The van der Waals surface area contributed by atoms with E-state index in [1.807, 2.05) is 13.8 Å². The van der Waals surface area contributed by atoms with Gasteiger partial charge in [0.05, 0.1) is 5.56 Å². The molecule has 1 atom stereocenters. The van der Waals surface area contributed by atoms with Crippen LogP contribution in [0.25, 0.3) is 0 Å². The number of aromatic carboxylic acids is 1. The van der Waals surface area contributed by atoms with Crippen LogP contribution in [0.15, 0.2) is 18.2 Å². The Kier molecular flexibility index (Phi) is 4.67. The molecule has 0 aliphatic rings. The van der Waals surface area contributed by atoms with Gasteiger partial charge in [0.25, 0.3) is 0 Å². The van der Waals surface area contributed by atoms with Crippen molar-refractivity contribution in [3.63, 3.8) is 0 Å². The Morgan fingerprint density at radius 1 is 1.50 bits per heavy atom. The van der Waals surface area contributed by atoms with Crippen LogP contribution >= 0.6 is 0 Å². The van der Waals surface area contributed by atoms with Crippen molar-refractivity contribution in [2.45, 2.75) is 32.2 Å². The van der Waals surface area contributed by atoms with Gasteiger partial charge in [0.15, 0.2) is 0 Å². The molecular formula is C13H18FNO3. The highest BCUT2D eigenvalue weighted by molar-refractivity contribution is 5.88. The van der Waals surface area contributed by atoms with Gasteiger partial charge in [0.2, 0.25) is 0 Å². The summed E-state index contributed by atoms with van der Waals surface area (Å²) in [5, 5.41) is 20.8. The molecule has 0 saturated heterocycles. The molecule has 0 saturated carbocycles. The zero-order chi connectivity index (χ0) is 13.8. The van der Waals surface area contributed by atoms with E-state index in [1.54, 1.807) is 0 Å². The largest absolute Gasteiger partial charge is 0.478 e. The second-order valence-electron chi connectivity index (χ2n) is 4.51. The molecule has 0 amide bonds. The molecule has 1 unspecified atom stereocenters.